The van der Waals surface area contributed by atoms with Crippen LogP contribution in [0.15, 0.2) is 23.1 Å². The van der Waals surface area contributed by atoms with Gasteiger partial charge in [0.1, 0.15) is 5.75 Å². The minimum atomic E-state index is -4.94. The molecule has 0 fully saturated rings. The fourth-order valence-electron chi connectivity index (χ4n) is 0.821. The van der Waals surface area contributed by atoms with Gasteiger partial charge >= 0.3 is 35.9 Å². The quantitative estimate of drug-likeness (QED) is 0.542. The van der Waals surface area contributed by atoms with E-state index >= 15 is 0 Å². The third-order valence-electron chi connectivity index (χ3n) is 1.31. The molecule has 84 valence electrons. The number of hydrogen-bond donors (Lipinski definition) is 0. The maximum absolute atomic E-state index is 11.8. The van der Waals surface area contributed by atoms with Crippen LogP contribution in [0.4, 0.5) is 13.2 Å². The van der Waals surface area contributed by atoms with E-state index in [-0.39, 0.29) is 34.6 Å². The van der Waals surface area contributed by atoms with Crippen LogP contribution in [-0.4, -0.2) is 15.1 Å². The van der Waals surface area contributed by atoms with Crippen molar-refractivity contribution in [1.29, 1.82) is 0 Å². The first-order chi connectivity index (χ1) is 6.79. The van der Waals surface area contributed by atoms with Crippen LogP contribution >= 0.6 is 11.6 Å². The fraction of sp³-hybridized carbons (Fsp3) is 0.143. The van der Waals surface area contributed by atoms with E-state index in [1.807, 2.05) is 0 Å². The summed E-state index contributed by atoms with van der Waals surface area (Å²) in [6, 6.07) is 2.80. The van der Waals surface area contributed by atoms with E-state index in [9.17, 15) is 21.9 Å². The number of ether oxygens (including phenoxy) is 1. The summed E-state index contributed by atoms with van der Waals surface area (Å²) in [6.07, 6.45) is -4.94. The Hall–Kier alpha value is 0.210. The van der Waals surface area contributed by atoms with Crippen LogP contribution in [0, 0.1) is 0 Å². The largest absolute Gasteiger partial charge is 1.00 e. The SMILES string of the molecule is O=S([O-])c1cc(Cl)ccc1OC(F)(F)F.[Na+]. The van der Waals surface area contributed by atoms with E-state index in [2.05, 4.69) is 4.74 Å². The normalized spacial score (nSPS) is 12.8. The molecule has 0 aliphatic carbocycles. The average Bonchev–Trinajstić information content (AvgIpc) is 2.05. The zero-order chi connectivity index (χ0) is 11.6. The van der Waals surface area contributed by atoms with Crippen molar-refractivity contribution in [1.82, 2.24) is 0 Å². The Morgan fingerprint density at radius 3 is 2.38 bits per heavy atom. The summed E-state index contributed by atoms with van der Waals surface area (Å²) >= 11 is 2.58. The van der Waals surface area contributed by atoms with Gasteiger partial charge in [-0.2, -0.15) is 0 Å². The van der Waals surface area contributed by atoms with E-state index in [0.717, 1.165) is 18.2 Å². The van der Waals surface area contributed by atoms with Crippen molar-refractivity contribution in [3.63, 3.8) is 0 Å². The molecule has 1 rings (SSSR count). The zero-order valence-corrected chi connectivity index (χ0v) is 11.4. The van der Waals surface area contributed by atoms with Gasteiger partial charge in [-0.1, -0.05) is 11.6 Å². The molecule has 0 saturated carbocycles. The van der Waals surface area contributed by atoms with E-state index in [1.165, 1.54) is 0 Å². The fourth-order valence-corrected chi connectivity index (χ4v) is 1.56. The van der Waals surface area contributed by atoms with Crippen LogP contribution in [0.1, 0.15) is 0 Å². The smallest absolute Gasteiger partial charge is 0.768 e. The molecule has 9 heteroatoms. The third-order valence-corrected chi connectivity index (χ3v) is 2.22. The van der Waals surface area contributed by atoms with Crippen LogP contribution in [-0.2, 0) is 11.1 Å². The summed E-state index contributed by atoms with van der Waals surface area (Å²) in [6.45, 7) is 0. The summed E-state index contributed by atoms with van der Waals surface area (Å²) in [5.41, 5.74) is 0. The summed E-state index contributed by atoms with van der Waals surface area (Å²) in [5.74, 6) is -0.805. The Bertz CT molecular complexity index is 399. The molecule has 0 amide bonds. The molecule has 0 saturated heterocycles. The summed E-state index contributed by atoms with van der Waals surface area (Å²) in [7, 11) is 0. The van der Waals surface area contributed by atoms with Gasteiger partial charge in [-0.25, -0.2) is 0 Å². The predicted molar refractivity (Wildman–Crippen MR) is 45.3 cm³/mol. The number of alkyl halides is 3. The molecule has 3 nitrogen and oxygen atoms in total. The van der Waals surface area contributed by atoms with Gasteiger partial charge in [-0.3, -0.25) is 4.21 Å². The standard InChI is InChI=1S/C7H4ClF3O3S.Na/c8-4-1-2-5(14-7(9,10)11)6(3-4)15(12)13;/h1-3H,(H,12,13);/q;+1/p-1. The van der Waals surface area contributed by atoms with Crippen molar-refractivity contribution in [2.45, 2.75) is 11.3 Å². The summed E-state index contributed by atoms with van der Waals surface area (Å²) in [4.78, 5) is -0.639. The van der Waals surface area contributed by atoms with E-state index in [1.54, 1.807) is 0 Å². The molecule has 1 atom stereocenters. The van der Waals surface area contributed by atoms with Crippen LogP contribution in [0.25, 0.3) is 0 Å². The van der Waals surface area contributed by atoms with E-state index in [0.29, 0.717) is 0 Å². The Labute approximate surface area is 119 Å². The minimum Gasteiger partial charge on any atom is -0.768 e. The Kier molecular flexibility index (Phi) is 6.31. The molecule has 1 aromatic rings. The maximum atomic E-state index is 11.8. The van der Waals surface area contributed by atoms with Gasteiger partial charge in [-0.15, -0.1) is 13.2 Å². The van der Waals surface area contributed by atoms with Crippen molar-refractivity contribution in [3.8, 4) is 5.75 Å². The third kappa shape index (κ3) is 5.03. The molecule has 0 N–H and O–H groups in total. The number of hydrogen-bond acceptors (Lipinski definition) is 3. The molecular weight excluding hydrogens is 280 g/mol. The Balaban J connectivity index is 0.00000225. The molecule has 0 heterocycles. The second-order valence-corrected chi connectivity index (χ2v) is 3.72. The first kappa shape index (κ1) is 16.2. The first-order valence-electron chi connectivity index (χ1n) is 3.44. The van der Waals surface area contributed by atoms with Crippen LogP contribution in [0.3, 0.4) is 0 Å². The van der Waals surface area contributed by atoms with Gasteiger partial charge in [0.2, 0.25) is 0 Å². The molecule has 0 aromatic heterocycles. The molecule has 0 aliphatic rings. The van der Waals surface area contributed by atoms with Gasteiger partial charge in [0.15, 0.2) is 0 Å². The predicted octanol–water partition coefficient (Wildman–Crippen LogP) is -0.519. The van der Waals surface area contributed by atoms with Gasteiger partial charge in [0.25, 0.3) is 0 Å². The topological polar surface area (TPSA) is 49.4 Å². The molecule has 0 radical (unpaired) electrons. The monoisotopic (exact) mass is 282 g/mol. The second kappa shape index (κ2) is 6.23. The number of halogens is 4. The molecule has 0 bridgehead atoms. The maximum Gasteiger partial charge on any atom is 1.00 e. The minimum absolute atomic E-state index is 0. The van der Waals surface area contributed by atoms with Crippen molar-refractivity contribution in [3.05, 3.63) is 23.2 Å². The van der Waals surface area contributed by atoms with Gasteiger partial charge in [0.05, 0.1) is 4.90 Å². The Morgan fingerprint density at radius 2 is 1.94 bits per heavy atom. The molecule has 1 unspecified atom stereocenters. The van der Waals surface area contributed by atoms with Crippen molar-refractivity contribution >= 4 is 22.7 Å². The molecule has 0 spiro atoms. The van der Waals surface area contributed by atoms with Gasteiger partial charge in [-0.05, 0) is 29.3 Å². The van der Waals surface area contributed by atoms with Crippen molar-refractivity contribution < 1.29 is 56.2 Å². The molecule has 16 heavy (non-hydrogen) atoms. The molecule has 1 aromatic carbocycles. The number of rotatable bonds is 2. The first-order valence-corrected chi connectivity index (χ1v) is 4.89. The van der Waals surface area contributed by atoms with Crippen LogP contribution in [0.2, 0.25) is 5.02 Å². The summed E-state index contributed by atoms with van der Waals surface area (Å²) in [5, 5.41) is 0.00345. The average molecular weight is 283 g/mol. The zero-order valence-electron chi connectivity index (χ0n) is 7.88. The van der Waals surface area contributed by atoms with E-state index < -0.39 is 28.1 Å². The summed E-state index contributed by atoms with van der Waals surface area (Å²) < 4.78 is 60.1. The van der Waals surface area contributed by atoms with Crippen molar-refractivity contribution in [2.24, 2.45) is 0 Å². The Morgan fingerprint density at radius 1 is 1.38 bits per heavy atom. The van der Waals surface area contributed by atoms with E-state index in [4.69, 9.17) is 11.6 Å². The number of benzene rings is 1. The molecule has 0 aliphatic heterocycles. The van der Waals surface area contributed by atoms with Gasteiger partial charge in [0, 0.05) is 5.02 Å². The van der Waals surface area contributed by atoms with Crippen LogP contribution in [0.5, 0.6) is 5.75 Å². The van der Waals surface area contributed by atoms with Gasteiger partial charge < -0.3 is 9.29 Å². The van der Waals surface area contributed by atoms with Crippen molar-refractivity contribution in [2.75, 3.05) is 0 Å². The second-order valence-electron chi connectivity index (χ2n) is 2.37. The van der Waals surface area contributed by atoms with Crippen LogP contribution < -0.4 is 34.3 Å². The molecular formula is C7H3ClF3NaO3S.